The summed E-state index contributed by atoms with van der Waals surface area (Å²) in [6, 6.07) is 11.3. The van der Waals surface area contributed by atoms with Crippen LogP contribution in [0.4, 0.5) is 5.69 Å². The normalized spacial score (nSPS) is 9.71. The van der Waals surface area contributed by atoms with Crippen LogP contribution in [-0.2, 0) is 0 Å². The Balaban J connectivity index is 2.26. The van der Waals surface area contributed by atoms with Gasteiger partial charge in [-0.2, -0.15) is 5.26 Å². The molecule has 6 heteroatoms. The third-order valence-electron chi connectivity index (χ3n) is 2.90. The molecule has 0 aliphatic heterocycles. The smallest absolute Gasteiger partial charge is 0.354 e. The first-order valence-corrected chi connectivity index (χ1v) is 6.00. The molecule has 0 unspecified atom stereocenters. The number of carboxylic acids is 1. The molecule has 1 amide bonds. The van der Waals surface area contributed by atoms with Crippen LogP contribution in [-0.4, -0.2) is 29.0 Å². The van der Waals surface area contributed by atoms with Gasteiger partial charge in [0.1, 0.15) is 5.69 Å². The fourth-order valence-electron chi connectivity index (χ4n) is 1.74. The molecule has 1 N–H and O–H groups in total. The number of pyridine rings is 1. The Morgan fingerprint density at radius 3 is 2.62 bits per heavy atom. The Labute approximate surface area is 120 Å². The molecule has 1 aromatic carbocycles. The number of anilines is 1. The molecule has 0 fully saturated rings. The lowest BCUT2D eigenvalue weighted by atomic mass is 10.2. The van der Waals surface area contributed by atoms with Gasteiger partial charge in [0.25, 0.3) is 5.91 Å². The predicted molar refractivity (Wildman–Crippen MR) is 75.1 cm³/mol. The van der Waals surface area contributed by atoms with Crippen LogP contribution < -0.4 is 4.90 Å². The maximum atomic E-state index is 12.3. The van der Waals surface area contributed by atoms with Crippen molar-refractivity contribution in [3.8, 4) is 6.07 Å². The fraction of sp³-hybridized carbons (Fsp3) is 0.0667. The summed E-state index contributed by atoms with van der Waals surface area (Å²) in [6.07, 6.45) is 1.22. The predicted octanol–water partition coefficient (Wildman–Crippen LogP) is 1.93. The Hall–Kier alpha value is -3.20. The number of rotatable bonds is 3. The number of amides is 1. The number of carbonyl (C=O) groups is 2. The highest BCUT2D eigenvalue weighted by Gasteiger charge is 2.15. The van der Waals surface area contributed by atoms with Crippen LogP contribution in [0.15, 0.2) is 42.6 Å². The van der Waals surface area contributed by atoms with Crippen LogP contribution in [0.5, 0.6) is 0 Å². The number of aromatic carboxylic acids is 1. The van der Waals surface area contributed by atoms with Crippen LogP contribution >= 0.6 is 0 Å². The van der Waals surface area contributed by atoms with Gasteiger partial charge in [0.15, 0.2) is 0 Å². The summed E-state index contributed by atoms with van der Waals surface area (Å²) in [5.74, 6) is -1.49. The topological polar surface area (TPSA) is 94.3 Å². The fourth-order valence-corrected chi connectivity index (χ4v) is 1.74. The number of nitrogens with zero attached hydrogens (tertiary/aromatic N) is 3. The second-order valence-corrected chi connectivity index (χ2v) is 4.26. The van der Waals surface area contributed by atoms with E-state index in [4.69, 9.17) is 10.4 Å². The summed E-state index contributed by atoms with van der Waals surface area (Å²) in [4.78, 5) is 28.1. The second kappa shape index (κ2) is 5.84. The molecule has 0 aliphatic carbocycles. The molecule has 2 rings (SSSR count). The first kappa shape index (κ1) is 14.2. The van der Waals surface area contributed by atoms with Gasteiger partial charge in [0.05, 0.1) is 17.2 Å². The Kier molecular flexibility index (Phi) is 3.95. The Morgan fingerprint density at radius 1 is 1.29 bits per heavy atom. The zero-order valence-electron chi connectivity index (χ0n) is 11.1. The molecule has 0 bridgehead atoms. The molecule has 6 nitrogen and oxygen atoms in total. The molecule has 21 heavy (non-hydrogen) atoms. The molecule has 1 aromatic heterocycles. The van der Waals surface area contributed by atoms with E-state index in [1.807, 2.05) is 6.07 Å². The van der Waals surface area contributed by atoms with E-state index in [1.54, 1.807) is 31.3 Å². The minimum absolute atomic E-state index is 0.124. The van der Waals surface area contributed by atoms with Crippen molar-refractivity contribution in [3.63, 3.8) is 0 Å². The van der Waals surface area contributed by atoms with Crippen molar-refractivity contribution in [2.75, 3.05) is 11.9 Å². The zero-order chi connectivity index (χ0) is 15.4. The zero-order valence-corrected chi connectivity index (χ0v) is 11.1. The molecule has 0 saturated carbocycles. The quantitative estimate of drug-likeness (QED) is 0.927. The number of aromatic nitrogens is 1. The number of nitriles is 1. The van der Waals surface area contributed by atoms with Crippen molar-refractivity contribution in [1.29, 1.82) is 5.26 Å². The van der Waals surface area contributed by atoms with Crippen molar-refractivity contribution in [1.82, 2.24) is 4.98 Å². The summed E-state index contributed by atoms with van der Waals surface area (Å²) in [6.45, 7) is 0. The van der Waals surface area contributed by atoms with Crippen molar-refractivity contribution in [2.45, 2.75) is 0 Å². The summed E-state index contributed by atoms with van der Waals surface area (Å²) >= 11 is 0. The van der Waals surface area contributed by atoms with E-state index >= 15 is 0 Å². The average molecular weight is 281 g/mol. The number of carboxylic acid groups (broad SMARTS) is 1. The van der Waals surface area contributed by atoms with Gasteiger partial charge >= 0.3 is 5.97 Å². The maximum absolute atomic E-state index is 12.3. The lowest BCUT2D eigenvalue weighted by molar-refractivity contribution is 0.0690. The number of hydrogen-bond donors (Lipinski definition) is 1. The van der Waals surface area contributed by atoms with Gasteiger partial charge in [0.2, 0.25) is 0 Å². The number of carbonyl (C=O) groups excluding carboxylic acids is 1. The van der Waals surface area contributed by atoms with E-state index in [0.29, 0.717) is 11.3 Å². The monoisotopic (exact) mass is 281 g/mol. The van der Waals surface area contributed by atoms with Crippen LogP contribution in [0.2, 0.25) is 0 Å². The molecule has 0 aliphatic rings. The highest BCUT2D eigenvalue weighted by atomic mass is 16.4. The molecule has 0 spiro atoms. The highest BCUT2D eigenvalue weighted by Crippen LogP contribution is 2.17. The standard InChI is InChI=1S/C15H11N3O3/c1-18(12-4-2-3-10(7-12)8-16)14(19)11-5-6-13(15(20)21)17-9-11/h2-7,9H,1H3,(H,20,21). The average Bonchev–Trinajstić information content (AvgIpc) is 2.53. The minimum Gasteiger partial charge on any atom is -0.477 e. The van der Waals surface area contributed by atoms with Crippen molar-refractivity contribution in [3.05, 3.63) is 59.4 Å². The van der Waals surface area contributed by atoms with Crippen molar-refractivity contribution >= 4 is 17.6 Å². The molecule has 0 atom stereocenters. The summed E-state index contributed by atoms with van der Waals surface area (Å²) in [7, 11) is 1.57. The van der Waals surface area contributed by atoms with Gasteiger partial charge in [0, 0.05) is 18.9 Å². The highest BCUT2D eigenvalue weighted by molar-refractivity contribution is 6.05. The van der Waals surface area contributed by atoms with Gasteiger partial charge < -0.3 is 10.0 Å². The molecular weight excluding hydrogens is 270 g/mol. The van der Waals surface area contributed by atoms with E-state index in [0.717, 1.165) is 0 Å². The third-order valence-corrected chi connectivity index (χ3v) is 2.90. The molecule has 0 radical (unpaired) electrons. The molecule has 104 valence electrons. The molecular formula is C15H11N3O3. The molecule has 1 heterocycles. The Bertz CT molecular complexity index is 733. The van der Waals surface area contributed by atoms with E-state index in [1.165, 1.54) is 23.2 Å². The SMILES string of the molecule is CN(C(=O)c1ccc(C(=O)O)nc1)c1cccc(C#N)c1. The summed E-state index contributed by atoms with van der Waals surface area (Å²) < 4.78 is 0. The van der Waals surface area contributed by atoms with Gasteiger partial charge in [-0.3, -0.25) is 4.79 Å². The first-order chi connectivity index (χ1) is 10.0. The van der Waals surface area contributed by atoms with Crippen molar-refractivity contribution < 1.29 is 14.7 Å². The van der Waals surface area contributed by atoms with Crippen LogP contribution in [0.1, 0.15) is 26.4 Å². The van der Waals surface area contributed by atoms with Crippen LogP contribution in [0.25, 0.3) is 0 Å². The lowest BCUT2D eigenvalue weighted by Crippen LogP contribution is -2.26. The van der Waals surface area contributed by atoms with E-state index < -0.39 is 5.97 Å². The van der Waals surface area contributed by atoms with Crippen LogP contribution in [0, 0.1) is 11.3 Å². The minimum atomic E-state index is -1.15. The lowest BCUT2D eigenvalue weighted by Gasteiger charge is -2.17. The van der Waals surface area contributed by atoms with Gasteiger partial charge in [-0.05, 0) is 30.3 Å². The largest absolute Gasteiger partial charge is 0.477 e. The number of hydrogen-bond acceptors (Lipinski definition) is 4. The van der Waals surface area contributed by atoms with E-state index in [-0.39, 0.29) is 17.2 Å². The van der Waals surface area contributed by atoms with Gasteiger partial charge in [-0.1, -0.05) is 6.07 Å². The maximum Gasteiger partial charge on any atom is 0.354 e. The van der Waals surface area contributed by atoms with Crippen LogP contribution in [0.3, 0.4) is 0 Å². The molecule has 2 aromatic rings. The summed E-state index contributed by atoms with van der Waals surface area (Å²) in [5.41, 5.74) is 1.17. The first-order valence-electron chi connectivity index (χ1n) is 6.00. The van der Waals surface area contributed by atoms with E-state index in [2.05, 4.69) is 4.98 Å². The number of benzene rings is 1. The Morgan fingerprint density at radius 2 is 2.05 bits per heavy atom. The van der Waals surface area contributed by atoms with Gasteiger partial charge in [-0.15, -0.1) is 0 Å². The van der Waals surface area contributed by atoms with Gasteiger partial charge in [-0.25, -0.2) is 9.78 Å². The summed E-state index contributed by atoms with van der Waals surface area (Å²) in [5, 5.41) is 17.6. The second-order valence-electron chi connectivity index (χ2n) is 4.26. The van der Waals surface area contributed by atoms with Crippen molar-refractivity contribution in [2.24, 2.45) is 0 Å². The van der Waals surface area contributed by atoms with E-state index in [9.17, 15) is 9.59 Å². The molecule has 0 saturated heterocycles. The third kappa shape index (κ3) is 3.04.